The van der Waals surface area contributed by atoms with Gasteiger partial charge in [0.2, 0.25) is 6.79 Å². The van der Waals surface area contributed by atoms with Gasteiger partial charge in [0.25, 0.3) is 5.91 Å². The highest BCUT2D eigenvalue weighted by Gasteiger charge is 2.21. The third-order valence-electron chi connectivity index (χ3n) is 3.80. The second kappa shape index (κ2) is 7.57. The number of ether oxygens (including phenoxy) is 3. The molecule has 7 heteroatoms. The van der Waals surface area contributed by atoms with Gasteiger partial charge in [-0.2, -0.15) is 5.26 Å². The molecule has 132 valence electrons. The van der Waals surface area contributed by atoms with Crippen LogP contribution in [0.1, 0.15) is 22.8 Å². The van der Waals surface area contributed by atoms with E-state index in [2.05, 4.69) is 5.32 Å². The maximum Gasteiger partial charge on any atom is 0.339 e. The van der Waals surface area contributed by atoms with Crippen molar-refractivity contribution in [3.05, 3.63) is 53.6 Å². The number of rotatable bonds is 5. The first-order valence-corrected chi connectivity index (χ1v) is 7.95. The predicted octanol–water partition coefficient (Wildman–Crippen LogP) is 2.67. The van der Waals surface area contributed by atoms with Gasteiger partial charge < -0.3 is 19.5 Å². The smallest absolute Gasteiger partial charge is 0.339 e. The molecule has 3 rings (SSSR count). The molecule has 1 heterocycles. The van der Waals surface area contributed by atoms with Crippen LogP contribution in [0.4, 0.5) is 5.69 Å². The molecule has 0 aromatic heterocycles. The number of nitrogens with one attached hydrogen (secondary N) is 1. The maximum absolute atomic E-state index is 12.3. The van der Waals surface area contributed by atoms with E-state index in [-0.39, 0.29) is 18.8 Å². The molecular formula is C19H16N2O5. The fourth-order valence-corrected chi connectivity index (χ4v) is 2.45. The van der Waals surface area contributed by atoms with E-state index in [0.29, 0.717) is 22.7 Å². The molecule has 7 nitrogen and oxygen atoms in total. The second-order valence-corrected chi connectivity index (χ2v) is 5.60. The molecule has 0 fully saturated rings. The van der Waals surface area contributed by atoms with Crippen LogP contribution in [0.3, 0.4) is 0 Å². The Labute approximate surface area is 150 Å². The molecular weight excluding hydrogens is 336 g/mol. The fraction of sp³-hybridized carbons (Fsp3) is 0.211. The zero-order valence-electron chi connectivity index (χ0n) is 14.0. The van der Waals surface area contributed by atoms with E-state index in [4.69, 9.17) is 19.5 Å². The van der Waals surface area contributed by atoms with Crippen molar-refractivity contribution in [1.29, 1.82) is 5.26 Å². The lowest BCUT2D eigenvalue weighted by atomic mass is 10.1. The Balaban J connectivity index is 1.64. The van der Waals surface area contributed by atoms with Gasteiger partial charge in [0.15, 0.2) is 17.6 Å². The van der Waals surface area contributed by atoms with Crippen LogP contribution in [0, 0.1) is 11.3 Å². The van der Waals surface area contributed by atoms with Crippen LogP contribution in [0.2, 0.25) is 0 Å². The summed E-state index contributed by atoms with van der Waals surface area (Å²) in [6.07, 6.45) is -0.925. The third kappa shape index (κ3) is 3.75. The van der Waals surface area contributed by atoms with Crippen LogP contribution >= 0.6 is 0 Å². The Morgan fingerprint density at radius 1 is 1.23 bits per heavy atom. The van der Waals surface area contributed by atoms with Crippen LogP contribution in [-0.4, -0.2) is 24.8 Å². The molecule has 2 aromatic carbocycles. The van der Waals surface area contributed by atoms with Crippen molar-refractivity contribution in [3.63, 3.8) is 0 Å². The average molecular weight is 352 g/mol. The molecule has 0 spiro atoms. The number of hydrogen-bond acceptors (Lipinski definition) is 6. The molecule has 2 aromatic rings. The van der Waals surface area contributed by atoms with Gasteiger partial charge in [-0.15, -0.1) is 0 Å². The van der Waals surface area contributed by atoms with Crippen LogP contribution in [0.15, 0.2) is 42.5 Å². The molecule has 0 unspecified atom stereocenters. The summed E-state index contributed by atoms with van der Waals surface area (Å²) in [5.74, 6) is 0.0219. The summed E-state index contributed by atoms with van der Waals surface area (Å²) in [4.78, 5) is 24.6. The third-order valence-corrected chi connectivity index (χ3v) is 3.80. The molecule has 0 saturated heterocycles. The maximum atomic E-state index is 12.3. The van der Waals surface area contributed by atoms with Gasteiger partial charge in [-0.25, -0.2) is 4.79 Å². The van der Waals surface area contributed by atoms with E-state index in [9.17, 15) is 9.59 Å². The van der Waals surface area contributed by atoms with E-state index in [0.717, 1.165) is 0 Å². The van der Waals surface area contributed by atoms with Crippen molar-refractivity contribution in [2.24, 2.45) is 0 Å². The molecule has 0 saturated carbocycles. The first kappa shape index (κ1) is 17.3. The number of nitriles is 1. The average Bonchev–Trinajstić information content (AvgIpc) is 3.10. The summed E-state index contributed by atoms with van der Waals surface area (Å²) in [6.45, 7) is 1.62. The Kier molecular flexibility index (Phi) is 5.04. The van der Waals surface area contributed by atoms with Crippen LogP contribution in [0.25, 0.3) is 0 Å². The highest BCUT2D eigenvalue weighted by Crippen LogP contribution is 2.34. The number of benzene rings is 2. The topological polar surface area (TPSA) is 97.7 Å². The monoisotopic (exact) mass is 352 g/mol. The van der Waals surface area contributed by atoms with Gasteiger partial charge in [0, 0.05) is 11.8 Å². The van der Waals surface area contributed by atoms with Crippen LogP contribution in [-0.2, 0) is 16.0 Å². The predicted molar refractivity (Wildman–Crippen MR) is 91.8 cm³/mol. The Bertz CT molecular complexity index is 888. The summed E-state index contributed by atoms with van der Waals surface area (Å²) in [5, 5.41) is 11.5. The SMILES string of the molecule is C[C@@H](OC(=O)c1ccccc1CC#N)C(=O)Nc1ccc2c(c1)OCO2. The number of esters is 1. The molecule has 0 aliphatic carbocycles. The van der Waals surface area contributed by atoms with Gasteiger partial charge in [-0.05, 0) is 30.7 Å². The quantitative estimate of drug-likeness (QED) is 0.831. The molecule has 0 bridgehead atoms. The van der Waals surface area contributed by atoms with Crippen molar-refractivity contribution in [3.8, 4) is 17.6 Å². The van der Waals surface area contributed by atoms with E-state index in [1.165, 1.54) is 6.92 Å². The lowest BCUT2D eigenvalue weighted by Gasteiger charge is -2.14. The first-order chi connectivity index (χ1) is 12.6. The lowest BCUT2D eigenvalue weighted by molar-refractivity contribution is -0.123. The minimum atomic E-state index is -1.01. The van der Waals surface area contributed by atoms with Gasteiger partial charge >= 0.3 is 5.97 Å². The lowest BCUT2D eigenvalue weighted by Crippen LogP contribution is -2.30. The normalized spacial score (nSPS) is 12.8. The highest BCUT2D eigenvalue weighted by molar-refractivity contribution is 5.98. The Morgan fingerprint density at radius 3 is 2.81 bits per heavy atom. The molecule has 1 atom stereocenters. The van der Waals surface area contributed by atoms with E-state index < -0.39 is 18.0 Å². The molecule has 26 heavy (non-hydrogen) atoms. The summed E-state index contributed by atoms with van der Waals surface area (Å²) < 4.78 is 15.7. The Morgan fingerprint density at radius 2 is 2.00 bits per heavy atom. The van der Waals surface area contributed by atoms with Crippen molar-refractivity contribution >= 4 is 17.6 Å². The van der Waals surface area contributed by atoms with E-state index >= 15 is 0 Å². The number of nitrogens with zero attached hydrogens (tertiary/aromatic N) is 1. The highest BCUT2D eigenvalue weighted by atomic mass is 16.7. The zero-order valence-corrected chi connectivity index (χ0v) is 14.0. The fourth-order valence-electron chi connectivity index (χ4n) is 2.45. The number of carbonyl (C=O) groups is 2. The molecule has 1 amide bonds. The number of fused-ring (bicyclic) bond motifs is 1. The van der Waals surface area contributed by atoms with Gasteiger partial charge in [0.05, 0.1) is 18.1 Å². The summed E-state index contributed by atoms with van der Waals surface area (Å²) in [6, 6.07) is 13.6. The van der Waals surface area contributed by atoms with Crippen molar-refractivity contribution < 1.29 is 23.8 Å². The van der Waals surface area contributed by atoms with Gasteiger partial charge in [0.1, 0.15) is 0 Å². The molecule has 1 N–H and O–H groups in total. The van der Waals surface area contributed by atoms with Crippen molar-refractivity contribution in [2.45, 2.75) is 19.4 Å². The van der Waals surface area contributed by atoms with Crippen LogP contribution < -0.4 is 14.8 Å². The summed E-state index contributed by atoms with van der Waals surface area (Å²) in [7, 11) is 0. The van der Waals surface area contributed by atoms with Gasteiger partial charge in [-0.1, -0.05) is 18.2 Å². The van der Waals surface area contributed by atoms with E-state index in [1.54, 1.807) is 42.5 Å². The molecule has 1 aliphatic rings. The zero-order chi connectivity index (χ0) is 18.5. The molecule has 1 aliphatic heterocycles. The Hall–Kier alpha value is -3.53. The molecule has 0 radical (unpaired) electrons. The first-order valence-electron chi connectivity index (χ1n) is 7.95. The van der Waals surface area contributed by atoms with Crippen molar-refractivity contribution in [2.75, 3.05) is 12.1 Å². The summed E-state index contributed by atoms with van der Waals surface area (Å²) >= 11 is 0. The summed E-state index contributed by atoms with van der Waals surface area (Å²) in [5.41, 5.74) is 1.34. The standard InChI is InChI=1S/C19H16N2O5/c1-12(26-19(23)15-5-3-2-4-13(15)8-9-20)18(22)21-14-6-7-16-17(10-14)25-11-24-16/h2-7,10,12H,8,11H2,1H3,(H,21,22)/t12-/m1/s1. The number of hydrogen-bond donors (Lipinski definition) is 1. The minimum Gasteiger partial charge on any atom is -0.454 e. The largest absolute Gasteiger partial charge is 0.454 e. The van der Waals surface area contributed by atoms with Crippen molar-refractivity contribution in [1.82, 2.24) is 0 Å². The van der Waals surface area contributed by atoms with Crippen LogP contribution in [0.5, 0.6) is 11.5 Å². The van der Waals surface area contributed by atoms with E-state index in [1.807, 2.05) is 6.07 Å². The van der Waals surface area contributed by atoms with Gasteiger partial charge in [-0.3, -0.25) is 4.79 Å². The number of carbonyl (C=O) groups excluding carboxylic acids is 2. The number of anilines is 1. The minimum absolute atomic E-state index is 0.0864. The number of amides is 1. The second-order valence-electron chi connectivity index (χ2n) is 5.60.